The number of hydrogen-bond acceptors (Lipinski definition) is 4. The van der Waals surface area contributed by atoms with Gasteiger partial charge in [-0.2, -0.15) is 4.98 Å². The summed E-state index contributed by atoms with van der Waals surface area (Å²) in [4.78, 5) is 18.5. The smallest absolute Gasteiger partial charge is 0.253 e. The molecule has 0 bridgehead atoms. The van der Waals surface area contributed by atoms with Gasteiger partial charge in [-0.15, -0.1) is 0 Å². The van der Waals surface area contributed by atoms with E-state index in [0.717, 1.165) is 5.69 Å². The van der Waals surface area contributed by atoms with E-state index in [1.165, 1.54) is 0 Å². The highest BCUT2D eigenvalue weighted by molar-refractivity contribution is 5.95. The molecule has 3 heterocycles. The Hall–Kier alpha value is -2.89. The van der Waals surface area contributed by atoms with Gasteiger partial charge in [-0.3, -0.25) is 4.79 Å². The minimum Gasteiger partial charge on any atom is -0.339 e. The minimum absolute atomic E-state index is 0.0385. The number of carbonyl (C=O) groups is 1. The summed E-state index contributed by atoms with van der Waals surface area (Å²) < 4.78 is 7.16. The molecular formula is C17H16N4O2. The molecule has 0 spiro atoms. The number of aryl methyl sites for hydroxylation is 1. The first kappa shape index (κ1) is 13.8. The van der Waals surface area contributed by atoms with Gasteiger partial charge in [-0.25, -0.2) is 0 Å². The molecule has 1 aliphatic heterocycles. The zero-order valence-corrected chi connectivity index (χ0v) is 12.7. The van der Waals surface area contributed by atoms with Crippen LogP contribution in [0, 0.1) is 6.92 Å². The van der Waals surface area contributed by atoms with E-state index in [0.29, 0.717) is 30.4 Å². The lowest BCUT2D eigenvalue weighted by Crippen LogP contribution is -2.48. The number of likely N-dealkylation sites (tertiary alicyclic amines) is 1. The van der Waals surface area contributed by atoms with Gasteiger partial charge in [-0.05, 0) is 43.3 Å². The highest BCUT2D eigenvalue weighted by Crippen LogP contribution is 2.27. The summed E-state index contributed by atoms with van der Waals surface area (Å²) in [5.41, 5.74) is 1.73. The molecule has 0 unspecified atom stereocenters. The van der Waals surface area contributed by atoms with Crippen LogP contribution in [0.25, 0.3) is 5.69 Å². The van der Waals surface area contributed by atoms with E-state index in [4.69, 9.17) is 4.52 Å². The summed E-state index contributed by atoms with van der Waals surface area (Å²) in [7, 11) is 0. The maximum absolute atomic E-state index is 12.5. The van der Waals surface area contributed by atoms with Crippen molar-refractivity contribution in [1.29, 1.82) is 0 Å². The molecule has 0 radical (unpaired) electrons. The molecule has 1 aromatic carbocycles. The van der Waals surface area contributed by atoms with Crippen LogP contribution in [0.4, 0.5) is 0 Å². The molecule has 0 aliphatic carbocycles. The van der Waals surface area contributed by atoms with Crippen LogP contribution in [0.1, 0.15) is 28.0 Å². The van der Waals surface area contributed by atoms with Gasteiger partial charge in [0.15, 0.2) is 5.82 Å². The molecule has 4 rings (SSSR count). The maximum atomic E-state index is 12.5. The SMILES string of the molecule is Cc1noc(C2CN(C(=O)c3ccc(-n4cccc4)cc3)C2)n1. The summed E-state index contributed by atoms with van der Waals surface area (Å²) in [5, 5.41) is 3.79. The second kappa shape index (κ2) is 5.39. The zero-order valence-electron chi connectivity index (χ0n) is 12.7. The number of benzene rings is 1. The third-order valence-corrected chi connectivity index (χ3v) is 4.08. The molecule has 1 aliphatic rings. The van der Waals surface area contributed by atoms with Gasteiger partial charge in [0.2, 0.25) is 5.89 Å². The van der Waals surface area contributed by atoms with Crippen molar-refractivity contribution in [2.24, 2.45) is 0 Å². The van der Waals surface area contributed by atoms with E-state index in [1.807, 2.05) is 53.4 Å². The first-order valence-electron chi connectivity index (χ1n) is 7.53. The van der Waals surface area contributed by atoms with Crippen molar-refractivity contribution in [1.82, 2.24) is 19.6 Å². The Kier molecular flexibility index (Phi) is 3.22. The maximum Gasteiger partial charge on any atom is 0.253 e. The van der Waals surface area contributed by atoms with Gasteiger partial charge < -0.3 is 14.0 Å². The molecule has 23 heavy (non-hydrogen) atoms. The first-order valence-corrected chi connectivity index (χ1v) is 7.53. The van der Waals surface area contributed by atoms with Crippen LogP contribution in [0.3, 0.4) is 0 Å². The van der Waals surface area contributed by atoms with Crippen LogP contribution in [-0.4, -0.2) is 38.6 Å². The zero-order chi connectivity index (χ0) is 15.8. The molecule has 6 nitrogen and oxygen atoms in total. The quantitative estimate of drug-likeness (QED) is 0.745. The molecule has 0 atom stereocenters. The van der Waals surface area contributed by atoms with Crippen molar-refractivity contribution in [2.45, 2.75) is 12.8 Å². The molecule has 0 N–H and O–H groups in total. The summed E-state index contributed by atoms with van der Waals surface area (Å²) in [5.74, 6) is 1.44. The van der Waals surface area contributed by atoms with E-state index in [1.54, 1.807) is 11.8 Å². The number of aromatic nitrogens is 3. The molecule has 1 fully saturated rings. The van der Waals surface area contributed by atoms with Crippen molar-refractivity contribution in [2.75, 3.05) is 13.1 Å². The summed E-state index contributed by atoms with van der Waals surface area (Å²) >= 11 is 0. The Morgan fingerprint density at radius 1 is 1.17 bits per heavy atom. The highest BCUT2D eigenvalue weighted by atomic mass is 16.5. The first-order chi connectivity index (χ1) is 11.2. The fourth-order valence-corrected chi connectivity index (χ4v) is 2.74. The molecule has 1 amide bonds. The third-order valence-electron chi connectivity index (χ3n) is 4.08. The normalized spacial score (nSPS) is 14.7. The van der Waals surface area contributed by atoms with Gasteiger partial charge in [-0.1, -0.05) is 5.16 Å². The van der Waals surface area contributed by atoms with Crippen molar-refractivity contribution < 1.29 is 9.32 Å². The van der Waals surface area contributed by atoms with Crippen LogP contribution in [0.2, 0.25) is 0 Å². The summed E-state index contributed by atoms with van der Waals surface area (Å²) in [6, 6.07) is 11.6. The number of amides is 1. The Bertz CT molecular complexity index is 815. The Balaban J connectivity index is 1.42. The molecular weight excluding hydrogens is 292 g/mol. The van der Waals surface area contributed by atoms with Crippen molar-refractivity contribution in [3.63, 3.8) is 0 Å². The Labute approximate surface area is 133 Å². The Morgan fingerprint density at radius 3 is 2.48 bits per heavy atom. The Morgan fingerprint density at radius 2 is 1.87 bits per heavy atom. The lowest BCUT2D eigenvalue weighted by molar-refractivity contribution is 0.0569. The van der Waals surface area contributed by atoms with Crippen LogP contribution in [0.5, 0.6) is 0 Å². The van der Waals surface area contributed by atoms with Crippen LogP contribution in [0.15, 0.2) is 53.3 Å². The molecule has 6 heteroatoms. The second-order valence-electron chi connectivity index (χ2n) is 5.72. The standard InChI is InChI=1S/C17H16N4O2/c1-12-18-16(23-19-12)14-10-21(11-14)17(22)13-4-6-15(7-5-13)20-8-2-3-9-20/h2-9,14H,10-11H2,1H3. The van der Waals surface area contributed by atoms with E-state index in [2.05, 4.69) is 10.1 Å². The molecule has 0 saturated carbocycles. The second-order valence-corrected chi connectivity index (χ2v) is 5.72. The van der Waals surface area contributed by atoms with Crippen molar-refractivity contribution in [3.05, 3.63) is 66.1 Å². The van der Waals surface area contributed by atoms with Crippen molar-refractivity contribution >= 4 is 5.91 Å². The van der Waals surface area contributed by atoms with Crippen LogP contribution in [-0.2, 0) is 0 Å². The minimum atomic E-state index is 0.0385. The predicted octanol–water partition coefficient (Wildman–Crippen LogP) is 2.41. The fourth-order valence-electron chi connectivity index (χ4n) is 2.74. The third kappa shape index (κ3) is 2.52. The van der Waals surface area contributed by atoms with Crippen LogP contribution < -0.4 is 0 Å². The largest absolute Gasteiger partial charge is 0.339 e. The monoisotopic (exact) mass is 308 g/mol. The highest BCUT2D eigenvalue weighted by Gasteiger charge is 2.35. The molecule has 2 aromatic heterocycles. The molecule has 1 saturated heterocycles. The predicted molar refractivity (Wildman–Crippen MR) is 83.4 cm³/mol. The summed E-state index contributed by atoms with van der Waals surface area (Å²) in [6.07, 6.45) is 3.95. The number of rotatable bonds is 3. The number of hydrogen-bond donors (Lipinski definition) is 0. The van der Waals surface area contributed by atoms with Crippen LogP contribution >= 0.6 is 0 Å². The number of carbonyl (C=O) groups excluding carboxylic acids is 1. The fraction of sp³-hybridized carbons (Fsp3) is 0.235. The molecule has 3 aromatic rings. The van der Waals surface area contributed by atoms with Gasteiger partial charge in [0.05, 0.1) is 5.92 Å². The lowest BCUT2D eigenvalue weighted by atomic mass is 9.98. The average Bonchev–Trinajstić information content (AvgIpc) is 3.18. The van der Waals surface area contributed by atoms with E-state index in [9.17, 15) is 4.79 Å². The van der Waals surface area contributed by atoms with E-state index >= 15 is 0 Å². The van der Waals surface area contributed by atoms with Gasteiger partial charge >= 0.3 is 0 Å². The average molecular weight is 308 g/mol. The van der Waals surface area contributed by atoms with Crippen molar-refractivity contribution in [3.8, 4) is 5.69 Å². The summed E-state index contributed by atoms with van der Waals surface area (Å²) in [6.45, 7) is 3.04. The van der Waals surface area contributed by atoms with Gasteiger partial charge in [0.25, 0.3) is 5.91 Å². The lowest BCUT2D eigenvalue weighted by Gasteiger charge is -2.37. The molecule has 116 valence electrons. The van der Waals surface area contributed by atoms with E-state index < -0.39 is 0 Å². The van der Waals surface area contributed by atoms with E-state index in [-0.39, 0.29) is 11.8 Å². The van der Waals surface area contributed by atoms with Gasteiger partial charge in [0, 0.05) is 36.7 Å². The topological polar surface area (TPSA) is 64.2 Å². The van der Waals surface area contributed by atoms with Gasteiger partial charge in [0.1, 0.15) is 0 Å². The number of nitrogens with zero attached hydrogens (tertiary/aromatic N) is 4.